The zero-order chi connectivity index (χ0) is 10.1. The summed E-state index contributed by atoms with van der Waals surface area (Å²) in [4.78, 5) is 22.3. The van der Waals surface area contributed by atoms with Crippen molar-refractivity contribution in [1.29, 1.82) is 0 Å². The summed E-state index contributed by atoms with van der Waals surface area (Å²) >= 11 is 3.31. The Morgan fingerprint density at radius 3 is 2.36 bits per heavy atom. The van der Waals surface area contributed by atoms with Gasteiger partial charge in [-0.2, -0.15) is 0 Å². The fourth-order valence-corrected chi connectivity index (χ4v) is 1.78. The molecule has 14 heavy (non-hydrogen) atoms. The largest absolute Gasteiger partial charge is 0.296 e. The van der Waals surface area contributed by atoms with Gasteiger partial charge in [-0.3, -0.25) is 14.9 Å². The zero-order valence-electron chi connectivity index (χ0n) is 7.29. The summed E-state index contributed by atoms with van der Waals surface area (Å²) in [7, 11) is 0. The van der Waals surface area contributed by atoms with E-state index in [1.807, 2.05) is 24.3 Å². The third-order valence-electron chi connectivity index (χ3n) is 2.24. The van der Waals surface area contributed by atoms with Crippen LogP contribution in [0.5, 0.6) is 0 Å². The minimum absolute atomic E-state index is 0.192. The number of halogens is 1. The molecule has 0 aromatic heterocycles. The van der Waals surface area contributed by atoms with Gasteiger partial charge in [-0.1, -0.05) is 28.1 Å². The molecule has 4 heteroatoms. The summed E-state index contributed by atoms with van der Waals surface area (Å²) in [6.07, 6.45) is 0.264. The van der Waals surface area contributed by atoms with Crippen molar-refractivity contribution in [2.45, 2.75) is 12.3 Å². The van der Waals surface area contributed by atoms with Gasteiger partial charge in [0.25, 0.3) is 0 Å². The molecule has 1 aliphatic rings. The Labute approximate surface area is 89.6 Å². The molecular weight excluding hydrogens is 246 g/mol. The molecule has 1 aromatic rings. The maximum Gasteiger partial charge on any atom is 0.234 e. The Kier molecular flexibility index (Phi) is 2.37. The molecule has 0 saturated carbocycles. The van der Waals surface area contributed by atoms with Crippen molar-refractivity contribution in [3.8, 4) is 0 Å². The first-order valence-corrected chi connectivity index (χ1v) is 5.05. The molecule has 1 heterocycles. The smallest absolute Gasteiger partial charge is 0.234 e. The second-order valence-electron chi connectivity index (χ2n) is 3.22. The highest BCUT2D eigenvalue weighted by Crippen LogP contribution is 2.25. The van der Waals surface area contributed by atoms with Crippen LogP contribution in [-0.2, 0) is 9.59 Å². The molecule has 0 unspecified atom stereocenters. The molecule has 1 aromatic carbocycles. The number of carbonyl (C=O) groups excluding carboxylic acids is 2. The summed E-state index contributed by atoms with van der Waals surface area (Å²) < 4.78 is 0.964. The lowest BCUT2D eigenvalue weighted by atomic mass is 9.98. The van der Waals surface area contributed by atoms with E-state index in [0.717, 1.165) is 10.0 Å². The second kappa shape index (κ2) is 3.53. The number of rotatable bonds is 1. The monoisotopic (exact) mass is 253 g/mol. The van der Waals surface area contributed by atoms with E-state index in [1.165, 1.54) is 0 Å². The summed E-state index contributed by atoms with van der Waals surface area (Å²) in [5.74, 6) is -0.698. The van der Waals surface area contributed by atoms with Gasteiger partial charge in [-0.25, -0.2) is 0 Å². The zero-order valence-corrected chi connectivity index (χ0v) is 8.87. The molecule has 3 nitrogen and oxygen atoms in total. The molecule has 1 atom stereocenters. The number of hydrogen-bond acceptors (Lipinski definition) is 2. The van der Waals surface area contributed by atoms with Crippen molar-refractivity contribution in [2.24, 2.45) is 0 Å². The first kappa shape index (κ1) is 9.40. The number of nitrogens with one attached hydrogen (secondary N) is 1. The SMILES string of the molecule is O=C1C[C@H](c2ccc(Br)cc2)C(=O)N1. The molecule has 1 N–H and O–H groups in total. The standard InChI is InChI=1S/C10H8BrNO2/c11-7-3-1-6(2-4-7)8-5-9(13)12-10(8)14/h1-4,8H,5H2,(H,12,13,14)/t8-/m1/s1. The molecule has 1 aliphatic heterocycles. The molecule has 2 rings (SSSR count). The van der Waals surface area contributed by atoms with E-state index in [0.29, 0.717) is 0 Å². The fraction of sp³-hybridized carbons (Fsp3) is 0.200. The predicted octanol–water partition coefficient (Wildman–Crippen LogP) is 1.58. The molecule has 72 valence electrons. The Hall–Kier alpha value is -1.16. The fourth-order valence-electron chi connectivity index (χ4n) is 1.52. The van der Waals surface area contributed by atoms with Crippen LogP contribution in [0.4, 0.5) is 0 Å². The highest BCUT2D eigenvalue weighted by Gasteiger charge is 2.31. The molecule has 0 radical (unpaired) electrons. The average Bonchev–Trinajstić information content (AvgIpc) is 2.47. The van der Waals surface area contributed by atoms with Crippen molar-refractivity contribution >= 4 is 27.7 Å². The Bertz CT molecular complexity index is 386. The van der Waals surface area contributed by atoms with E-state index in [9.17, 15) is 9.59 Å². The first-order valence-electron chi connectivity index (χ1n) is 4.26. The quantitative estimate of drug-likeness (QED) is 0.773. The number of carbonyl (C=O) groups is 2. The van der Waals surface area contributed by atoms with E-state index in [4.69, 9.17) is 0 Å². The van der Waals surface area contributed by atoms with E-state index < -0.39 is 0 Å². The Balaban J connectivity index is 2.27. The minimum Gasteiger partial charge on any atom is -0.296 e. The molecule has 0 aliphatic carbocycles. The lowest BCUT2D eigenvalue weighted by Crippen LogP contribution is -2.21. The third kappa shape index (κ3) is 1.70. The maximum atomic E-state index is 11.3. The second-order valence-corrected chi connectivity index (χ2v) is 4.14. The van der Waals surface area contributed by atoms with E-state index in [1.54, 1.807) is 0 Å². The van der Waals surface area contributed by atoms with Crippen LogP contribution < -0.4 is 5.32 Å². The van der Waals surface area contributed by atoms with E-state index >= 15 is 0 Å². The van der Waals surface area contributed by atoms with Gasteiger partial charge in [-0.05, 0) is 17.7 Å². The highest BCUT2D eigenvalue weighted by atomic mass is 79.9. The predicted molar refractivity (Wildman–Crippen MR) is 54.6 cm³/mol. The van der Waals surface area contributed by atoms with Crippen LogP contribution in [0.25, 0.3) is 0 Å². The summed E-state index contributed by atoms with van der Waals surface area (Å²) in [6.45, 7) is 0. The first-order chi connectivity index (χ1) is 6.66. The van der Waals surface area contributed by atoms with Crippen LogP contribution in [0.15, 0.2) is 28.7 Å². The maximum absolute atomic E-state index is 11.3. The minimum atomic E-state index is -0.310. The molecule has 2 amide bonds. The van der Waals surface area contributed by atoms with Gasteiger partial charge in [0, 0.05) is 10.9 Å². The topological polar surface area (TPSA) is 46.2 Å². The van der Waals surface area contributed by atoms with Crippen molar-refractivity contribution in [1.82, 2.24) is 5.32 Å². The van der Waals surface area contributed by atoms with Gasteiger partial charge in [-0.15, -0.1) is 0 Å². The summed E-state index contributed by atoms with van der Waals surface area (Å²) in [6, 6.07) is 7.44. The normalized spacial score (nSPS) is 21.1. The number of imide groups is 1. The van der Waals surface area contributed by atoms with Crippen LogP contribution in [0.1, 0.15) is 17.9 Å². The van der Waals surface area contributed by atoms with Gasteiger partial charge < -0.3 is 0 Å². The van der Waals surface area contributed by atoms with Gasteiger partial charge in [0.15, 0.2) is 0 Å². The molecule has 0 spiro atoms. The van der Waals surface area contributed by atoms with Gasteiger partial charge in [0.2, 0.25) is 11.8 Å². The summed E-state index contributed by atoms with van der Waals surface area (Å²) in [5.41, 5.74) is 0.886. The van der Waals surface area contributed by atoms with Crippen molar-refractivity contribution in [2.75, 3.05) is 0 Å². The summed E-state index contributed by atoms with van der Waals surface area (Å²) in [5, 5.41) is 2.29. The molecule has 0 bridgehead atoms. The number of benzene rings is 1. The van der Waals surface area contributed by atoms with E-state index in [2.05, 4.69) is 21.2 Å². The molecule has 1 saturated heterocycles. The Morgan fingerprint density at radius 2 is 1.86 bits per heavy atom. The Morgan fingerprint density at radius 1 is 1.21 bits per heavy atom. The third-order valence-corrected chi connectivity index (χ3v) is 2.77. The van der Waals surface area contributed by atoms with Crippen molar-refractivity contribution in [3.63, 3.8) is 0 Å². The van der Waals surface area contributed by atoms with Crippen LogP contribution in [-0.4, -0.2) is 11.8 Å². The van der Waals surface area contributed by atoms with Crippen molar-refractivity contribution < 1.29 is 9.59 Å². The van der Waals surface area contributed by atoms with Gasteiger partial charge in [0.1, 0.15) is 0 Å². The van der Waals surface area contributed by atoms with Crippen LogP contribution >= 0.6 is 15.9 Å². The van der Waals surface area contributed by atoms with E-state index in [-0.39, 0.29) is 24.2 Å². The average molecular weight is 254 g/mol. The van der Waals surface area contributed by atoms with Gasteiger partial charge in [0.05, 0.1) is 5.92 Å². The number of hydrogen-bond donors (Lipinski definition) is 1. The molecular formula is C10H8BrNO2. The number of amides is 2. The van der Waals surface area contributed by atoms with Crippen LogP contribution in [0, 0.1) is 0 Å². The molecule has 1 fully saturated rings. The lowest BCUT2D eigenvalue weighted by Gasteiger charge is -2.05. The van der Waals surface area contributed by atoms with Crippen LogP contribution in [0.2, 0.25) is 0 Å². The highest BCUT2D eigenvalue weighted by molar-refractivity contribution is 9.10. The van der Waals surface area contributed by atoms with Gasteiger partial charge >= 0.3 is 0 Å². The lowest BCUT2D eigenvalue weighted by molar-refractivity contribution is -0.125. The van der Waals surface area contributed by atoms with Crippen LogP contribution in [0.3, 0.4) is 0 Å². The van der Waals surface area contributed by atoms with Crippen molar-refractivity contribution in [3.05, 3.63) is 34.3 Å².